The molecule has 120 valence electrons. The second kappa shape index (κ2) is 8.43. The lowest BCUT2D eigenvalue weighted by molar-refractivity contribution is -0.119. The van der Waals surface area contributed by atoms with E-state index in [1.165, 1.54) is 6.21 Å². The first kappa shape index (κ1) is 16.4. The fourth-order valence-corrected chi connectivity index (χ4v) is 1.86. The highest BCUT2D eigenvalue weighted by atomic mass is 16.5. The summed E-state index contributed by atoms with van der Waals surface area (Å²) in [5.41, 5.74) is 4.10. The number of anilines is 1. The van der Waals surface area contributed by atoms with Gasteiger partial charge >= 0.3 is 0 Å². The van der Waals surface area contributed by atoms with Crippen molar-refractivity contribution in [1.29, 1.82) is 0 Å². The highest BCUT2D eigenvalue weighted by molar-refractivity contribution is 5.85. The Morgan fingerprint density at radius 2 is 1.74 bits per heavy atom. The first-order valence-electron chi connectivity index (χ1n) is 7.05. The smallest absolute Gasteiger partial charge is 0.259 e. The summed E-state index contributed by atoms with van der Waals surface area (Å²) in [6.45, 7) is 0.142. The van der Waals surface area contributed by atoms with Gasteiger partial charge in [0.1, 0.15) is 11.5 Å². The van der Waals surface area contributed by atoms with Gasteiger partial charge in [-0.1, -0.05) is 18.2 Å². The van der Waals surface area contributed by atoms with E-state index in [1.54, 1.807) is 32.4 Å². The van der Waals surface area contributed by atoms with Crippen LogP contribution in [0.1, 0.15) is 5.56 Å². The summed E-state index contributed by atoms with van der Waals surface area (Å²) in [5, 5.41) is 6.93. The molecule has 0 aliphatic rings. The van der Waals surface area contributed by atoms with Crippen LogP contribution in [0, 0.1) is 0 Å². The third-order valence-electron chi connectivity index (χ3n) is 3.00. The van der Waals surface area contributed by atoms with Crippen LogP contribution in [0.4, 0.5) is 5.69 Å². The summed E-state index contributed by atoms with van der Waals surface area (Å²) in [7, 11) is 3.15. The maximum Gasteiger partial charge on any atom is 0.259 e. The number of benzene rings is 2. The van der Waals surface area contributed by atoms with Gasteiger partial charge in [0.05, 0.1) is 27.0 Å². The van der Waals surface area contributed by atoms with Gasteiger partial charge in [-0.3, -0.25) is 4.79 Å². The van der Waals surface area contributed by atoms with E-state index in [4.69, 9.17) is 9.47 Å². The molecule has 0 spiro atoms. The fraction of sp³-hybridized carbons (Fsp3) is 0.176. The summed E-state index contributed by atoms with van der Waals surface area (Å²) >= 11 is 0. The van der Waals surface area contributed by atoms with Crippen LogP contribution in [0.3, 0.4) is 0 Å². The molecule has 0 atom stereocenters. The van der Waals surface area contributed by atoms with Crippen LogP contribution in [0.25, 0.3) is 0 Å². The molecule has 0 fully saturated rings. The van der Waals surface area contributed by atoms with E-state index in [2.05, 4.69) is 15.8 Å². The molecule has 2 N–H and O–H groups in total. The van der Waals surface area contributed by atoms with Crippen LogP contribution < -0.4 is 20.2 Å². The van der Waals surface area contributed by atoms with Crippen molar-refractivity contribution in [2.24, 2.45) is 5.10 Å². The Balaban J connectivity index is 1.87. The lowest BCUT2D eigenvalue weighted by Crippen LogP contribution is -2.25. The zero-order chi connectivity index (χ0) is 16.5. The highest BCUT2D eigenvalue weighted by Crippen LogP contribution is 2.21. The number of hydrogen-bond donors (Lipinski definition) is 2. The van der Waals surface area contributed by atoms with Crippen molar-refractivity contribution in [2.75, 3.05) is 26.1 Å². The molecule has 0 bridgehead atoms. The quantitative estimate of drug-likeness (QED) is 0.607. The lowest BCUT2D eigenvalue weighted by atomic mass is 10.2. The zero-order valence-corrected chi connectivity index (χ0v) is 13.1. The number of hydrogen-bond acceptors (Lipinski definition) is 5. The second-order valence-corrected chi connectivity index (χ2v) is 4.66. The number of methoxy groups -OCH3 is 2. The number of carbonyl (C=O) groups excluding carboxylic acids is 1. The zero-order valence-electron chi connectivity index (χ0n) is 13.1. The number of amides is 1. The third kappa shape index (κ3) is 5.35. The van der Waals surface area contributed by atoms with E-state index in [0.717, 1.165) is 11.3 Å². The SMILES string of the molecule is COc1cc(/C=N\NC(=O)CNc2ccccc2)cc(OC)c1. The number of carbonyl (C=O) groups is 1. The number of nitrogens with zero attached hydrogens (tertiary/aromatic N) is 1. The maximum absolute atomic E-state index is 11.7. The fourth-order valence-electron chi connectivity index (χ4n) is 1.86. The molecule has 2 aromatic rings. The van der Waals surface area contributed by atoms with Crippen molar-refractivity contribution in [1.82, 2.24) is 5.43 Å². The van der Waals surface area contributed by atoms with Gasteiger partial charge in [-0.15, -0.1) is 0 Å². The van der Waals surface area contributed by atoms with Crippen molar-refractivity contribution < 1.29 is 14.3 Å². The van der Waals surface area contributed by atoms with Crippen LogP contribution in [-0.4, -0.2) is 32.9 Å². The molecular weight excluding hydrogens is 294 g/mol. The van der Waals surface area contributed by atoms with Crippen molar-refractivity contribution in [3.05, 3.63) is 54.1 Å². The molecule has 0 aliphatic heterocycles. The highest BCUT2D eigenvalue weighted by Gasteiger charge is 2.01. The van der Waals surface area contributed by atoms with Crippen LogP contribution >= 0.6 is 0 Å². The average Bonchev–Trinajstić information content (AvgIpc) is 2.60. The van der Waals surface area contributed by atoms with Gasteiger partial charge in [0.25, 0.3) is 5.91 Å². The Morgan fingerprint density at radius 1 is 1.09 bits per heavy atom. The van der Waals surface area contributed by atoms with Gasteiger partial charge in [0.15, 0.2) is 0 Å². The summed E-state index contributed by atoms with van der Waals surface area (Å²) in [6.07, 6.45) is 1.53. The topological polar surface area (TPSA) is 72.0 Å². The predicted octanol–water partition coefficient (Wildman–Crippen LogP) is 2.27. The number of ether oxygens (including phenoxy) is 2. The summed E-state index contributed by atoms with van der Waals surface area (Å²) in [6, 6.07) is 14.8. The molecule has 0 aromatic heterocycles. The standard InChI is InChI=1S/C17H19N3O3/c1-22-15-8-13(9-16(10-15)23-2)11-19-20-17(21)12-18-14-6-4-3-5-7-14/h3-11,18H,12H2,1-2H3,(H,20,21)/b19-11-. The molecule has 6 nitrogen and oxygen atoms in total. The molecule has 2 rings (SSSR count). The average molecular weight is 313 g/mol. The molecule has 0 aliphatic carbocycles. The van der Waals surface area contributed by atoms with Crippen LogP contribution in [0.5, 0.6) is 11.5 Å². The first-order valence-corrected chi connectivity index (χ1v) is 7.05. The second-order valence-electron chi connectivity index (χ2n) is 4.66. The van der Waals surface area contributed by atoms with E-state index < -0.39 is 0 Å². The number of nitrogens with one attached hydrogen (secondary N) is 2. The molecule has 0 radical (unpaired) electrons. The maximum atomic E-state index is 11.7. The Hall–Kier alpha value is -3.02. The molecule has 0 saturated carbocycles. The van der Waals surface area contributed by atoms with Gasteiger partial charge in [-0.05, 0) is 24.3 Å². The molecule has 0 unspecified atom stereocenters. The minimum absolute atomic E-state index is 0.142. The lowest BCUT2D eigenvalue weighted by Gasteiger charge is -2.06. The molecule has 6 heteroatoms. The summed E-state index contributed by atoms with van der Waals surface area (Å²) in [4.78, 5) is 11.7. The van der Waals surface area contributed by atoms with E-state index in [-0.39, 0.29) is 12.5 Å². The van der Waals surface area contributed by atoms with E-state index in [1.807, 2.05) is 30.3 Å². The minimum atomic E-state index is -0.236. The Bertz CT molecular complexity index is 650. The predicted molar refractivity (Wildman–Crippen MR) is 90.2 cm³/mol. The van der Waals surface area contributed by atoms with E-state index in [9.17, 15) is 4.79 Å². The van der Waals surface area contributed by atoms with Crippen molar-refractivity contribution >= 4 is 17.8 Å². The van der Waals surface area contributed by atoms with Crippen molar-refractivity contribution in [3.8, 4) is 11.5 Å². The van der Waals surface area contributed by atoms with Crippen molar-refractivity contribution in [2.45, 2.75) is 0 Å². The van der Waals surface area contributed by atoms with E-state index >= 15 is 0 Å². The largest absolute Gasteiger partial charge is 0.497 e. The van der Waals surface area contributed by atoms with Gasteiger partial charge in [-0.2, -0.15) is 5.10 Å². The van der Waals surface area contributed by atoms with Gasteiger partial charge < -0.3 is 14.8 Å². The van der Waals surface area contributed by atoms with E-state index in [0.29, 0.717) is 11.5 Å². The number of rotatable bonds is 7. The molecule has 0 saturated heterocycles. The molecule has 23 heavy (non-hydrogen) atoms. The summed E-state index contributed by atoms with van der Waals surface area (Å²) < 4.78 is 10.3. The molecule has 1 amide bonds. The molecule has 2 aromatic carbocycles. The van der Waals surface area contributed by atoms with Crippen LogP contribution in [0.15, 0.2) is 53.6 Å². The van der Waals surface area contributed by atoms with Crippen LogP contribution in [0.2, 0.25) is 0 Å². The van der Waals surface area contributed by atoms with Crippen molar-refractivity contribution in [3.63, 3.8) is 0 Å². The normalized spacial score (nSPS) is 10.3. The van der Waals surface area contributed by atoms with Gasteiger partial charge in [-0.25, -0.2) is 5.43 Å². The first-order chi connectivity index (χ1) is 11.2. The van der Waals surface area contributed by atoms with Gasteiger partial charge in [0.2, 0.25) is 0 Å². The van der Waals surface area contributed by atoms with Gasteiger partial charge in [0, 0.05) is 17.3 Å². The number of hydrazone groups is 1. The third-order valence-corrected chi connectivity index (χ3v) is 3.00. The Labute approximate surface area is 135 Å². The number of para-hydroxylation sites is 1. The van der Waals surface area contributed by atoms with Crippen LogP contribution in [-0.2, 0) is 4.79 Å². The minimum Gasteiger partial charge on any atom is -0.497 e. The molecular formula is C17H19N3O3. The Morgan fingerprint density at radius 3 is 2.35 bits per heavy atom. The molecule has 0 heterocycles. The monoisotopic (exact) mass is 313 g/mol. The summed E-state index contributed by atoms with van der Waals surface area (Å²) in [5.74, 6) is 1.07. The Kier molecular flexibility index (Phi) is 5.99.